The van der Waals surface area contributed by atoms with Crippen LogP contribution >= 0.6 is 11.8 Å². The van der Waals surface area contributed by atoms with E-state index in [1.54, 1.807) is 13.0 Å². The Bertz CT molecular complexity index is 1030. The summed E-state index contributed by atoms with van der Waals surface area (Å²) in [4.78, 5) is 22.6. The van der Waals surface area contributed by atoms with Crippen LogP contribution in [-0.2, 0) is 4.79 Å². The molecule has 0 saturated heterocycles. The molecule has 1 amide bonds. The quantitative estimate of drug-likeness (QED) is 0.374. The number of non-ortho nitro benzene ring substituents is 1. The van der Waals surface area contributed by atoms with E-state index in [0.717, 1.165) is 34.0 Å². The standard InChI is InChI=1S/C19H18N4O4S/c1-11-6-12(2)8-14(7-11)18-21-22-19(27-18)28-10-17(24)20-16-9-15(23(25)26)5-4-13(16)3/h4-9H,10H2,1-3H3,(H,20,24). The van der Waals surface area contributed by atoms with Crippen molar-refractivity contribution < 1.29 is 14.1 Å². The maximum Gasteiger partial charge on any atom is 0.277 e. The van der Waals surface area contributed by atoms with Gasteiger partial charge < -0.3 is 9.73 Å². The lowest BCUT2D eigenvalue weighted by molar-refractivity contribution is -0.384. The van der Waals surface area contributed by atoms with Crippen LogP contribution in [0, 0.1) is 30.9 Å². The number of carbonyl (C=O) groups excluding carboxylic acids is 1. The predicted molar refractivity (Wildman–Crippen MR) is 106 cm³/mol. The SMILES string of the molecule is Cc1cc(C)cc(-c2nnc(SCC(=O)Nc3cc([N+](=O)[O-])ccc3C)o2)c1. The van der Waals surface area contributed by atoms with Gasteiger partial charge in [0, 0.05) is 17.7 Å². The maximum absolute atomic E-state index is 12.2. The van der Waals surface area contributed by atoms with Gasteiger partial charge in [0.05, 0.1) is 16.4 Å². The first-order valence-electron chi connectivity index (χ1n) is 8.41. The molecule has 2 aromatic carbocycles. The Labute approximate surface area is 165 Å². The molecule has 3 aromatic rings. The minimum absolute atomic E-state index is 0.0383. The number of aryl methyl sites for hydroxylation is 3. The summed E-state index contributed by atoms with van der Waals surface area (Å²) in [5.74, 6) is 0.111. The summed E-state index contributed by atoms with van der Waals surface area (Å²) >= 11 is 1.10. The fraction of sp³-hybridized carbons (Fsp3) is 0.211. The minimum atomic E-state index is -0.503. The van der Waals surface area contributed by atoms with E-state index >= 15 is 0 Å². The monoisotopic (exact) mass is 398 g/mol. The summed E-state index contributed by atoms with van der Waals surface area (Å²) in [5, 5.41) is 21.8. The third kappa shape index (κ3) is 4.74. The van der Waals surface area contributed by atoms with E-state index in [9.17, 15) is 14.9 Å². The number of hydrogen-bond donors (Lipinski definition) is 1. The molecule has 1 aromatic heterocycles. The lowest BCUT2D eigenvalue weighted by atomic mass is 10.1. The van der Waals surface area contributed by atoms with Crippen molar-refractivity contribution >= 4 is 29.0 Å². The number of rotatable bonds is 6. The van der Waals surface area contributed by atoms with E-state index in [4.69, 9.17) is 4.42 Å². The molecule has 3 rings (SSSR count). The average molecular weight is 398 g/mol. The van der Waals surface area contributed by atoms with Gasteiger partial charge in [-0.3, -0.25) is 14.9 Å². The second-order valence-electron chi connectivity index (χ2n) is 6.34. The number of benzene rings is 2. The highest BCUT2D eigenvalue weighted by molar-refractivity contribution is 7.99. The van der Waals surface area contributed by atoms with Gasteiger partial charge in [0.25, 0.3) is 10.9 Å². The molecule has 1 heterocycles. The first-order valence-corrected chi connectivity index (χ1v) is 9.40. The molecule has 0 spiro atoms. The van der Waals surface area contributed by atoms with Crippen LogP contribution in [0.15, 0.2) is 46.0 Å². The number of anilines is 1. The van der Waals surface area contributed by atoms with Crippen LogP contribution in [-0.4, -0.2) is 26.8 Å². The van der Waals surface area contributed by atoms with Crippen LogP contribution in [0.5, 0.6) is 0 Å². The molecule has 28 heavy (non-hydrogen) atoms. The largest absolute Gasteiger partial charge is 0.411 e. The molecule has 9 heteroatoms. The smallest absolute Gasteiger partial charge is 0.277 e. The Morgan fingerprint density at radius 2 is 1.86 bits per heavy atom. The normalized spacial score (nSPS) is 10.7. The second-order valence-corrected chi connectivity index (χ2v) is 7.27. The molecule has 0 bridgehead atoms. The number of hydrogen-bond acceptors (Lipinski definition) is 7. The van der Waals surface area contributed by atoms with Crippen molar-refractivity contribution in [3.8, 4) is 11.5 Å². The molecule has 1 N–H and O–H groups in total. The number of carbonyl (C=O) groups is 1. The van der Waals surface area contributed by atoms with Crippen LogP contribution in [0.3, 0.4) is 0 Å². The van der Waals surface area contributed by atoms with Gasteiger partial charge in [-0.25, -0.2) is 0 Å². The van der Waals surface area contributed by atoms with Crippen LogP contribution in [0.4, 0.5) is 11.4 Å². The summed E-state index contributed by atoms with van der Waals surface area (Å²) in [6.45, 7) is 5.74. The van der Waals surface area contributed by atoms with Crippen LogP contribution in [0.1, 0.15) is 16.7 Å². The summed E-state index contributed by atoms with van der Waals surface area (Å²) < 4.78 is 5.63. The second kappa shape index (κ2) is 8.22. The molecule has 0 atom stereocenters. The van der Waals surface area contributed by atoms with Crippen molar-refractivity contribution in [2.45, 2.75) is 26.0 Å². The molecular formula is C19H18N4O4S. The molecule has 144 valence electrons. The predicted octanol–water partition coefficient (Wildman–Crippen LogP) is 4.30. The van der Waals surface area contributed by atoms with Crippen molar-refractivity contribution in [3.63, 3.8) is 0 Å². The summed E-state index contributed by atoms with van der Waals surface area (Å²) in [6.07, 6.45) is 0. The number of thioether (sulfide) groups is 1. The summed E-state index contributed by atoms with van der Waals surface area (Å²) in [6, 6.07) is 10.3. The summed E-state index contributed by atoms with van der Waals surface area (Å²) in [5.41, 5.74) is 4.07. The lowest BCUT2D eigenvalue weighted by Gasteiger charge is -2.07. The van der Waals surface area contributed by atoms with Gasteiger partial charge in [-0.15, -0.1) is 10.2 Å². The highest BCUT2D eigenvalue weighted by atomic mass is 32.2. The Kier molecular flexibility index (Phi) is 5.74. The lowest BCUT2D eigenvalue weighted by Crippen LogP contribution is -2.15. The zero-order valence-electron chi connectivity index (χ0n) is 15.6. The van der Waals surface area contributed by atoms with E-state index in [-0.39, 0.29) is 22.6 Å². The topological polar surface area (TPSA) is 111 Å². The summed E-state index contributed by atoms with van der Waals surface area (Å²) in [7, 11) is 0. The third-order valence-corrected chi connectivity index (χ3v) is 4.73. The number of amides is 1. The van der Waals surface area contributed by atoms with Crippen molar-refractivity contribution in [2.75, 3.05) is 11.1 Å². The highest BCUT2D eigenvalue weighted by Crippen LogP contribution is 2.26. The number of nitrogens with one attached hydrogen (secondary N) is 1. The van der Waals surface area contributed by atoms with Crippen LogP contribution in [0.25, 0.3) is 11.5 Å². The minimum Gasteiger partial charge on any atom is -0.411 e. The Hall–Kier alpha value is -3.20. The molecule has 8 nitrogen and oxygen atoms in total. The van der Waals surface area contributed by atoms with Crippen LogP contribution < -0.4 is 5.32 Å². The molecule has 0 aliphatic carbocycles. The van der Waals surface area contributed by atoms with E-state index in [0.29, 0.717) is 11.6 Å². The number of aromatic nitrogens is 2. The van der Waals surface area contributed by atoms with Gasteiger partial charge in [0.1, 0.15) is 0 Å². The van der Waals surface area contributed by atoms with E-state index in [1.807, 2.05) is 26.0 Å². The Morgan fingerprint density at radius 3 is 2.54 bits per heavy atom. The van der Waals surface area contributed by atoms with Gasteiger partial charge in [0.2, 0.25) is 11.8 Å². The van der Waals surface area contributed by atoms with Gasteiger partial charge in [-0.2, -0.15) is 0 Å². The van der Waals surface area contributed by atoms with E-state index < -0.39 is 4.92 Å². The zero-order chi connectivity index (χ0) is 20.3. The van der Waals surface area contributed by atoms with E-state index in [1.165, 1.54) is 12.1 Å². The Balaban J connectivity index is 1.63. The number of nitrogens with zero attached hydrogens (tertiary/aromatic N) is 3. The van der Waals surface area contributed by atoms with Crippen molar-refractivity contribution in [1.29, 1.82) is 0 Å². The average Bonchev–Trinajstić information content (AvgIpc) is 3.10. The number of nitro benzene ring substituents is 1. The third-order valence-electron chi connectivity index (χ3n) is 3.91. The van der Waals surface area contributed by atoms with Gasteiger partial charge in [-0.1, -0.05) is 35.0 Å². The van der Waals surface area contributed by atoms with E-state index in [2.05, 4.69) is 21.6 Å². The van der Waals surface area contributed by atoms with Crippen molar-refractivity contribution in [3.05, 3.63) is 63.2 Å². The van der Waals surface area contributed by atoms with Gasteiger partial charge >= 0.3 is 0 Å². The molecule has 0 unspecified atom stereocenters. The first kappa shape index (κ1) is 19.6. The zero-order valence-corrected chi connectivity index (χ0v) is 16.4. The number of nitro groups is 1. The first-order chi connectivity index (χ1) is 13.3. The van der Waals surface area contributed by atoms with Crippen molar-refractivity contribution in [2.24, 2.45) is 0 Å². The molecular weight excluding hydrogens is 380 g/mol. The molecule has 0 aliphatic heterocycles. The Morgan fingerprint density at radius 1 is 1.14 bits per heavy atom. The van der Waals surface area contributed by atoms with Gasteiger partial charge in [0.15, 0.2) is 0 Å². The highest BCUT2D eigenvalue weighted by Gasteiger charge is 2.14. The van der Waals surface area contributed by atoms with Gasteiger partial charge in [-0.05, 0) is 38.5 Å². The fourth-order valence-electron chi connectivity index (χ4n) is 2.65. The van der Waals surface area contributed by atoms with Crippen molar-refractivity contribution in [1.82, 2.24) is 10.2 Å². The molecule has 0 fully saturated rings. The molecule has 0 aliphatic rings. The maximum atomic E-state index is 12.2. The molecule has 0 saturated carbocycles. The molecule has 0 radical (unpaired) electrons. The van der Waals surface area contributed by atoms with Crippen LogP contribution in [0.2, 0.25) is 0 Å². The fourth-order valence-corrected chi connectivity index (χ4v) is 3.22.